The molecule has 2 N–H and O–H groups in total. The zero-order valence-electron chi connectivity index (χ0n) is 8.64. The molecule has 0 unspecified atom stereocenters. The Morgan fingerprint density at radius 1 is 1.67 bits per heavy atom. The second-order valence-electron chi connectivity index (χ2n) is 3.77. The fraction of sp³-hybridized carbons (Fsp3) is 0.667. The molecule has 0 radical (unpaired) electrons. The summed E-state index contributed by atoms with van der Waals surface area (Å²) in [6.07, 6.45) is 3.25. The van der Waals surface area contributed by atoms with Gasteiger partial charge in [-0.3, -0.25) is 0 Å². The summed E-state index contributed by atoms with van der Waals surface area (Å²) < 4.78 is 4.20. The van der Waals surface area contributed by atoms with Gasteiger partial charge in [0.05, 0.1) is 4.99 Å². The number of anilines is 1. The Labute approximate surface area is 98.7 Å². The summed E-state index contributed by atoms with van der Waals surface area (Å²) >= 11 is 6.35. The highest BCUT2D eigenvalue weighted by Gasteiger charge is 2.30. The summed E-state index contributed by atoms with van der Waals surface area (Å²) in [5.74, 6) is 0.843. The van der Waals surface area contributed by atoms with E-state index in [0.29, 0.717) is 11.0 Å². The maximum Gasteiger partial charge on any atom is 0.205 e. The van der Waals surface area contributed by atoms with E-state index < -0.39 is 0 Å². The van der Waals surface area contributed by atoms with Gasteiger partial charge in [0.2, 0.25) is 5.13 Å². The van der Waals surface area contributed by atoms with E-state index in [4.69, 9.17) is 18.0 Å². The Morgan fingerprint density at radius 2 is 2.40 bits per heavy atom. The molecule has 1 aliphatic carbocycles. The Bertz CT molecular complexity index is 359. The normalized spacial score (nSPS) is 15.3. The van der Waals surface area contributed by atoms with Crippen LogP contribution in [-0.4, -0.2) is 26.9 Å². The standard InChI is InChI=1S/C9H14N4S2/c1-6-11-9(15-12-6)13(7-2-3-7)5-4-8(10)14/h7H,2-5H2,1H3,(H2,10,14). The van der Waals surface area contributed by atoms with Crippen molar-refractivity contribution in [3.63, 3.8) is 0 Å². The van der Waals surface area contributed by atoms with Crippen LogP contribution in [-0.2, 0) is 0 Å². The van der Waals surface area contributed by atoms with Crippen molar-refractivity contribution in [2.24, 2.45) is 5.73 Å². The predicted octanol–water partition coefficient (Wildman–Crippen LogP) is 1.49. The number of nitrogens with zero attached hydrogens (tertiary/aromatic N) is 3. The van der Waals surface area contributed by atoms with E-state index in [1.165, 1.54) is 24.4 Å². The summed E-state index contributed by atoms with van der Waals surface area (Å²) in [4.78, 5) is 7.25. The molecule has 0 aliphatic heterocycles. The van der Waals surface area contributed by atoms with Crippen LogP contribution in [0.3, 0.4) is 0 Å². The lowest BCUT2D eigenvalue weighted by Crippen LogP contribution is -2.29. The molecule has 2 rings (SSSR count). The molecule has 0 bridgehead atoms. The second-order valence-corrected chi connectivity index (χ2v) is 5.02. The molecule has 82 valence electrons. The minimum atomic E-state index is 0.571. The van der Waals surface area contributed by atoms with Crippen molar-refractivity contribution in [2.75, 3.05) is 11.4 Å². The van der Waals surface area contributed by atoms with Crippen molar-refractivity contribution in [2.45, 2.75) is 32.2 Å². The minimum absolute atomic E-state index is 0.571. The zero-order chi connectivity index (χ0) is 10.8. The maximum absolute atomic E-state index is 5.52. The number of hydrogen-bond acceptors (Lipinski definition) is 5. The fourth-order valence-corrected chi connectivity index (χ4v) is 2.32. The molecule has 1 saturated carbocycles. The van der Waals surface area contributed by atoms with Crippen LogP contribution in [0.15, 0.2) is 0 Å². The number of nitrogens with two attached hydrogens (primary N) is 1. The van der Waals surface area contributed by atoms with E-state index in [-0.39, 0.29) is 0 Å². The molecule has 4 nitrogen and oxygen atoms in total. The first-order valence-corrected chi connectivity index (χ1v) is 6.20. The van der Waals surface area contributed by atoms with Gasteiger partial charge in [0.15, 0.2) is 0 Å². The molecule has 1 fully saturated rings. The first kappa shape index (κ1) is 10.8. The number of rotatable bonds is 5. The van der Waals surface area contributed by atoms with Gasteiger partial charge in [-0.1, -0.05) is 12.2 Å². The quantitative estimate of drug-likeness (QED) is 0.793. The molecule has 1 heterocycles. The predicted molar refractivity (Wildman–Crippen MR) is 66.4 cm³/mol. The van der Waals surface area contributed by atoms with Crippen LogP contribution in [0.1, 0.15) is 25.1 Å². The molecule has 0 aromatic carbocycles. The van der Waals surface area contributed by atoms with Crippen molar-refractivity contribution in [1.82, 2.24) is 9.36 Å². The third-order valence-corrected chi connectivity index (χ3v) is 3.40. The van der Waals surface area contributed by atoms with Crippen LogP contribution in [0.5, 0.6) is 0 Å². The van der Waals surface area contributed by atoms with Crippen LogP contribution >= 0.6 is 23.8 Å². The smallest absolute Gasteiger partial charge is 0.205 e. The highest BCUT2D eigenvalue weighted by molar-refractivity contribution is 7.80. The van der Waals surface area contributed by atoms with Gasteiger partial charge in [-0.2, -0.15) is 4.37 Å². The highest BCUT2D eigenvalue weighted by atomic mass is 32.1. The fourth-order valence-electron chi connectivity index (χ4n) is 1.45. The van der Waals surface area contributed by atoms with Gasteiger partial charge >= 0.3 is 0 Å². The van der Waals surface area contributed by atoms with Gasteiger partial charge < -0.3 is 10.6 Å². The first-order chi connectivity index (χ1) is 7.16. The molecule has 1 aromatic rings. The molecule has 6 heteroatoms. The summed E-state index contributed by atoms with van der Waals surface area (Å²) in [6, 6.07) is 0.631. The Hall–Kier alpha value is -0.750. The first-order valence-electron chi connectivity index (χ1n) is 5.02. The summed E-state index contributed by atoms with van der Waals surface area (Å²) in [7, 11) is 0. The largest absolute Gasteiger partial charge is 0.393 e. The molecule has 1 aromatic heterocycles. The summed E-state index contributed by atoms with van der Waals surface area (Å²) in [5, 5.41) is 1.01. The second kappa shape index (κ2) is 4.40. The van der Waals surface area contributed by atoms with Crippen molar-refractivity contribution in [3.05, 3.63) is 5.82 Å². The average Bonchev–Trinajstić information content (AvgIpc) is 2.90. The minimum Gasteiger partial charge on any atom is -0.393 e. The summed E-state index contributed by atoms with van der Waals surface area (Å²) in [6.45, 7) is 2.78. The van der Waals surface area contributed by atoms with Crippen molar-refractivity contribution in [3.8, 4) is 0 Å². The van der Waals surface area contributed by atoms with E-state index in [9.17, 15) is 0 Å². The van der Waals surface area contributed by atoms with Gasteiger partial charge in [-0.15, -0.1) is 0 Å². The van der Waals surface area contributed by atoms with E-state index in [1.54, 1.807) is 0 Å². The SMILES string of the molecule is Cc1nsc(N(CCC(N)=S)C2CC2)n1. The molecule has 15 heavy (non-hydrogen) atoms. The molecule has 1 aliphatic rings. The Morgan fingerprint density at radius 3 is 2.87 bits per heavy atom. The maximum atomic E-state index is 5.52. The Kier molecular flexibility index (Phi) is 3.16. The van der Waals surface area contributed by atoms with Gasteiger partial charge in [-0.05, 0) is 19.8 Å². The molecule has 0 amide bonds. The van der Waals surface area contributed by atoms with E-state index in [1.807, 2.05) is 6.92 Å². The molecular weight excluding hydrogens is 228 g/mol. The van der Waals surface area contributed by atoms with Gasteiger partial charge in [0.1, 0.15) is 5.82 Å². The van der Waals surface area contributed by atoms with Crippen molar-refractivity contribution in [1.29, 1.82) is 0 Å². The topological polar surface area (TPSA) is 55.0 Å². The number of aryl methyl sites for hydroxylation is 1. The third-order valence-electron chi connectivity index (χ3n) is 2.35. The average molecular weight is 242 g/mol. The van der Waals surface area contributed by atoms with Gasteiger partial charge in [0, 0.05) is 30.5 Å². The van der Waals surface area contributed by atoms with Crippen LogP contribution < -0.4 is 10.6 Å². The molecule has 0 saturated heterocycles. The van der Waals surface area contributed by atoms with Crippen LogP contribution in [0, 0.1) is 6.92 Å². The van der Waals surface area contributed by atoms with Crippen LogP contribution in [0.4, 0.5) is 5.13 Å². The van der Waals surface area contributed by atoms with Gasteiger partial charge in [-0.25, -0.2) is 4.98 Å². The lowest BCUT2D eigenvalue weighted by atomic mass is 10.4. The number of aromatic nitrogens is 2. The monoisotopic (exact) mass is 242 g/mol. The van der Waals surface area contributed by atoms with E-state index in [2.05, 4.69) is 14.3 Å². The molecule has 0 atom stereocenters. The van der Waals surface area contributed by atoms with Crippen molar-refractivity contribution < 1.29 is 0 Å². The van der Waals surface area contributed by atoms with Crippen LogP contribution in [0.25, 0.3) is 0 Å². The Balaban J connectivity index is 2.02. The molecule has 0 spiro atoms. The summed E-state index contributed by atoms with van der Waals surface area (Å²) in [5.41, 5.74) is 5.52. The number of hydrogen-bond donors (Lipinski definition) is 1. The lowest BCUT2D eigenvalue weighted by molar-refractivity contribution is 0.795. The van der Waals surface area contributed by atoms with Crippen molar-refractivity contribution >= 4 is 33.9 Å². The zero-order valence-corrected chi connectivity index (χ0v) is 10.3. The number of thiocarbonyl (C=S) groups is 1. The lowest BCUT2D eigenvalue weighted by Gasteiger charge is -2.20. The molecular formula is C9H14N4S2. The van der Waals surface area contributed by atoms with Gasteiger partial charge in [0.25, 0.3) is 0 Å². The highest BCUT2D eigenvalue weighted by Crippen LogP contribution is 2.32. The third kappa shape index (κ3) is 2.85. The van der Waals surface area contributed by atoms with E-state index in [0.717, 1.165) is 23.9 Å². The van der Waals surface area contributed by atoms with Crippen LogP contribution in [0.2, 0.25) is 0 Å². The van der Waals surface area contributed by atoms with E-state index >= 15 is 0 Å².